The van der Waals surface area contributed by atoms with Gasteiger partial charge in [0.25, 0.3) is 0 Å². The van der Waals surface area contributed by atoms with Crippen LogP contribution in [0.3, 0.4) is 0 Å². The molecule has 0 aliphatic carbocycles. The van der Waals surface area contributed by atoms with Gasteiger partial charge < -0.3 is 10.2 Å². The normalized spacial score (nSPS) is 14.1. The molecule has 0 unspecified atom stereocenters. The third-order valence-corrected chi connectivity index (χ3v) is 6.76. The fourth-order valence-electron chi connectivity index (χ4n) is 4.92. The van der Waals surface area contributed by atoms with Gasteiger partial charge in [0.1, 0.15) is 17.3 Å². The number of anilines is 2. The maximum absolute atomic E-state index is 15.7. The second-order valence-electron chi connectivity index (χ2n) is 10.1. The number of hydrogen-bond donors (Lipinski definition) is 1. The summed E-state index contributed by atoms with van der Waals surface area (Å²) in [7, 11) is 5.94. The molecule has 1 aliphatic rings. The highest BCUT2D eigenvalue weighted by Gasteiger charge is 2.22. The molecule has 1 aromatic carbocycles. The lowest BCUT2D eigenvalue weighted by Gasteiger charge is -2.29. The molecule has 3 aromatic heterocycles. The van der Waals surface area contributed by atoms with Gasteiger partial charge in [0.15, 0.2) is 5.82 Å². The van der Waals surface area contributed by atoms with Crippen LogP contribution in [0.15, 0.2) is 30.5 Å². The number of aromatic nitrogens is 5. The van der Waals surface area contributed by atoms with Crippen LogP contribution in [0.1, 0.15) is 36.7 Å². The molecular weight excluding hydrogens is 474 g/mol. The summed E-state index contributed by atoms with van der Waals surface area (Å²) in [5.41, 5.74) is 3.47. The van der Waals surface area contributed by atoms with Crippen LogP contribution in [0, 0.1) is 11.6 Å². The van der Waals surface area contributed by atoms with Crippen LogP contribution < -0.4 is 5.32 Å². The highest BCUT2D eigenvalue weighted by Crippen LogP contribution is 2.34. The lowest BCUT2D eigenvalue weighted by molar-refractivity contribution is 0.224. The quantitative estimate of drug-likeness (QED) is 0.396. The second kappa shape index (κ2) is 10.1. The van der Waals surface area contributed by atoms with Gasteiger partial charge in [-0.3, -0.25) is 9.58 Å². The molecule has 5 rings (SSSR count). The van der Waals surface area contributed by atoms with Gasteiger partial charge in [-0.05, 0) is 43.8 Å². The van der Waals surface area contributed by atoms with Crippen molar-refractivity contribution in [1.29, 1.82) is 0 Å². The maximum Gasteiger partial charge on any atom is 0.229 e. The highest BCUT2D eigenvalue weighted by molar-refractivity contribution is 5.88. The van der Waals surface area contributed by atoms with E-state index in [0.29, 0.717) is 16.7 Å². The number of hydrogen-bond acceptors (Lipinski definition) is 7. The van der Waals surface area contributed by atoms with Crippen LogP contribution >= 0.6 is 0 Å². The number of nitrogens with one attached hydrogen (secondary N) is 1. The van der Waals surface area contributed by atoms with Gasteiger partial charge in [0, 0.05) is 50.9 Å². The Morgan fingerprint density at radius 1 is 1.11 bits per heavy atom. The molecule has 0 saturated carbocycles. The average Bonchev–Trinajstić information content (AvgIpc) is 3.21. The van der Waals surface area contributed by atoms with Crippen LogP contribution in [-0.2, 0) is 20.0 Å². The Morgan fingerprint density at radius 2 is 1.92 bits per heavy atom. The van der Waals surface area contributed by atoms with Gasteiger partial charge in [0.2, 0.25) is 5.95 Å². The number of nitrogens with zero attached hydrogens (tertiary/aromatic N) is 7. The SMILES string of the molecule is CC(C)c1c2c(F)c(-c3nc(Nc4ccc5c(n4)CCN(CCN(C)C)C5)ncc3F)ccc2nn1C. The first kappa shape index (κ1) is 25.2. The van der Waals surface area contributed by atoms with Crippen molar-refractivity contribution in [2.45, 2.75) is 32.7 Å². The Balaban J connectivity index is 1.41. The third-order valence-electron chi connectivity index (χ3n) is 6.76. The van der Waals surface area contributed by atoms with Crippen LogP contribution in [0.4, 0.5) is 20.5 Å². The standard InChI is InChI=1S/C27H32F2N8/c1-16(2)26-23-21(34-36(26)5)8-7-18(24(23)29)25-19(28)14-30-27(33-25)32-22-9-6-17-15-37(13-12-35(3)4)11-10-20(17)31-22/h6-9,14,16H,10-13,15H2,1-5H3,(H,30,31,32,33). The number of halogens is 2. The van der Waals surface area contributed by atoms with Crippen molar-refractivity contribution in [1.82, 2.24) is 34.5 Å². The van der Waals surface area contributed by atoms with Crippen molar-refractivity contribution in [3.05, 3.63) is 59.0 Å². The fraction of sp³-hybridized carbons (Fsp3) is 0.407. The van der Waals surface area contributed by atoms with Crippen LogP contribution in [0.25, 0.3) is 22.2 Å². The van der Waals surface area contributed by atoms with Crippen molar-refractivity contribution in [3.63, 3.8) is 0 Å². The van der Waals surface area contributed by atoms with E-state index in [-0.39, 0.29) is 23.1 Å². The molecule has 0 spiro atoms. The molecule has 0 atom stereocenters. The third kappa shape index (κ3) is 5.03. The minimum atomic E-state index is -0.699. The van der Waals surface area contributed by atoms with Crippen molar-refractivity contribution in [3.8, 4) is 11.3 Å². The van der Waals surface area contributed by atoms with Crippen molar-refractivity contribution in [2.75, 3.05) is 39.0 Å². The molecular formula is C27H32F2N8. The smallest absolute Gasteiger partial charge is 0.229 e. The Labute approximate surface area is 215 Å². The fourth-order valence-corrected chi connectivity index (χ4v) is 4.92. The van der Waals surface area contributed by atoms with Gasteiger partial charge in [-0.1, -0.05) is 19.9 Å². The minimum Gasteiger partial charge on any atom is -0.309 e. The lowest BCUT2D eigenvalue weighted by atomic mass is 10.0. The second-order valence-corrected chi connectivity index (χ2v) is 10.1. The molecule has 1 aliphatic heterocycles. The lowest BCUT2D eigenvalue weighted by Crippen LogP contribution is -2.36. The van der Waals surface area contributed by atoms with E-state index in [4.69, 9.17) is 4.98 Å². The summed E-state index contributed by atoms with van der Waals surface area (Å²) in [6, 6.07) is 7.14. The van der Waals surface area contributed by atoms with Gasteiger partial charge in [-0.15, -0.1) is 0 Å². The zero-order valence-corrected chi connectivity index (χ0v) is 21.9. The van der Waals surface area contributed by atoms with Crippen LogP contribution in [-0.4, -0.2) is 68.3 Å². The molecule has 8 nitrogen and oxygen atoms in total. The Hall–Kier alpha value is -3.50. The molecule has 4 heterocycles. The summed E-state index contributed by atoms with van der Waals surface area (Å²) in [4.78, 5) is 17.8. The van der Waals surface area contributed by atoms with Gasteiger partial charge in [-0.2, -0.15) is 5.10 Å². The monoisotopic (exact) mass is 506 g/mol. The largest absolute Gasteiger partial charge is 0.309 e. The van der Waals surface area contributed by atoms with E-state index >= 15 is 4.39 Å². The molecule has 194 valence electrons. The van der Waals surface area contributed by atoms with Crippen molar-refractivity contribution >= 4 is 22.7 Å². The summed E-state index contributed by atoms with van der Waals surface area (Å²) in [5, 5.41) is 7.87. The molecule has 37 heavy (non-hydrogen) atoms. The number of fused-ring (bicyclic) bond motifs is 2. The van der Waals surface area contributed by atoms with E-state index in [1.165, 1.54) is 11.6 Å². The number of aryl methyl sites for hydroxylation is 1. The summed E-state index contributed by atoms with van der Waals surface area (Å²) in [6.45, 7) is 7.79. The molecule has 1 N–H and O–H groups in total. The highest BCUT2D eigenvalue weighted by atomic mass is 19.1. The molecule has 0 amide bonds. The first-order chi connectivity index (χ1) is 17.7. The van der Waals surface area contributed by atoms with E-state index in [1.54, 1.807) is 17.8 Å². The summed E-state index contributed by atoms with van der Waals surface area (Å²) >= 11 is 0. The van der Waals surface area contributed by atoms with E-state index in [1.807, 2.05) is 19.9 Å². The Kier molecular flexibility index (Phi) is 6.87. The van der Waals surface area contributed by atoms with Gasteiger partial charge in [0.05, 0.1) is 22.8 Å². The Bertz CT molecular complexity index is 1450. The predicted molar refractivity (Wildman–Crippen MR) is 141 cm³/mol. The maximum atomic E-state index is 15.7. The number of benzene rings is 1. The van der Waals surface area contributed by atoms with Crippen molar-refractivity contribution < 1.29 is 8.78 Å². The average molecular weight is 507 g/mol. The van der Waals surface area contributed by atoms with E-state index < -0.39 is 11.6 Å². The van der Waals surface area contributed by atoms with Gasteiger partial charge in [-0.25, -0.2) is 23.7 Å². The molecule has 4 aromatic rings. The van der Waals surface area contributed by atoms with Crippen LogP contribution in [0.2, 0.25) is 0 Å². The molecule has 0 bridgehead atoms. The first-order valence-electron chi connectivity index (χ1n) is 12.5. The molecule has 0 fully saturated rings. The number of pyridine rings is 1. The van der Waals surface area contributed by atoms with Crippen molar-refractivity contribution in [2.24, 2.45) is 7.05 Å². The summed E-state index contributed by atoms with van der Waals surface area (Å²) in [5.74, 6) is -0.466. The summed E-state index contributed by atoms with van der Waals surface area (Å²) in [6.07, 6.45) is 1.91. The topological polar surface area (TPSA) is 75.0 Å². The van der Waals surface area contributed by atoms with E-state index in [0.717, 1.165) is 50.2 Å². The zero-order valence-electron chi connectivity index (χ0n) is 21.9. The number of likely N-dealkylation sites (N-methyl/N-ethyl adjacent to an activating group) is 1. The zero-order chi connectivity index (χ0) is 26.3. The number of rotatable bonds is 7. The van der Waals surface area contributed by atoms with E-state index in [2.05, 4.69) is 50.3 Å². The first-order valence-corrected chi connectivity index (χ1v) is 12.5. The van der Waals surface area contributed by atoms with Crippen LogP contribution in [0.5, 0.6) is 0 Å². The van der Waals surface area contributed by atoms with Gasteiger partial charge >= 0.3 is 0 Å². The predicted octanol–water partition coefficient (Wildman–Crippen LogP) is 4.49. The van der Waals surface area contributed by atoms with E-state index in [9.17, 15) is 4.39 Å². The molecule has 0 radical (unpaired) electrons. The summed E-state index contributed by atoms with van der Waals surface area (Å²) < 4.78 is 32.3. The minimum absolute atomic E-state index is 0.0439. The molecule has 10 heteroatoms. The molecule has 0 saturated heterocycles. The Morgan fingerprint density at radius 3 is 2.68 bits per heavy atom.